The standard InChI is InChI=1S/C14H25N3O2/c1-12(14(19)17-9-3-2-4-10-17)15-11-13(18)16-7-5-6-8-16/h12,15H,2-11H2,1H3. The Labute approximate surface area is 115 Å². The van der Waals surface area contributed by atoms with Crippen molar-refractivity contribution in [2.45, 2.75) is 45.1 Å². The molecule has 0 aromatic heterocycles. The van der Waals surface area contributed by atoms with Crippen LogP contribution in [0, 0.1) is 0 Å². The summed E-state index contributed by atoms with van der Waals surface area (Å²) in [5, 5.41) is 3.07. The van der Waals surface area contributed by atoms with E-state index in [1.54, 1.807) is 0 Å². The minimum Gasteiger partial charge on any atom is -0.342 e. The molecule has 0 bridgehead atoms. The average Bonchev–Trinajstić information content (AvgIpc) is 2.98. The van der Waals surface area contributed by atoms with E-state index in [0.717, 1.165) is 51.9 Å². The van der Waals surface area contributed by atoms with Gasteiger partial charge in [0.05, 0.1) is 12.6 Å². The van der Waals surface area contributed by atoms with Crippen molar-refractivity contribution in [3.63, 3.8) is 0 Å². The highest BCUT2D eigenvalue weighted by molar-refractivity contribution is 5.83. The molecule has 2 amide bonds. The molecular weight excluding hydrogens is 242 g/mol. The lowest BCUT2D eigenvalue weighted by Crippen LogP contribution is -2.49. The van der Waals surface area contributed by atoms with Gasteiger partial charge in [-0.05, 0) is 39.0 Å². The molecular formula is C14H25N3O2. The second-order valence-electron chi connectivity index (χ2n) is 5.58. The van der Waals surface area contributed by atoms with Gasteiger partial charge in [0, 0.05) is 26.2 Å². The monoisotopic (exact) mass is 267 g/mol. The second-order valence-corrected chi connectivity index (χ2v) is 5.58. The third-order valence-electron chi connectivity index (χ3n) is 4.06. The van der Waals surface area contributed by atoms with Crippen LogP contribution in [-0.4, -0.2) is 60.4 Å². The van der Waals surface area contributed by atoms with E-state index in [4.69, 9.17) is 0 Å². The first-order valence-corrected chi connectivity index (χ1v) is 7.48. The van der Waals surface area contributed by atoms with E-state index < -0.39 is 0 Å². The van der Waals surface area contributed by atoms with Crippen LogP contribution in [0.1, 0.15) is 39.0 Å². The summed E-state index contributed by atoms with van der Waals surface area (Å²) in [5.41, 5.74) is 0. The van der Waals surface area contributed by atoms with Gasteiger partial charge in [-0.1, -0.05) is 0 Å². The Morgan fingerprint density at radius 1 is 0.947 bits per heavy atom. The van der Waals surface area contributed by atoms with Crippen LogP contribution in [0.4, 0.5) is 0 Å². The summed E-state index contributed by atoms with van der Waals surface area (Å²) in [6, 6.07) is -0.260. The van der Waals surface area contributed by atoms with Gasteiger partial charge in [0.15, 0.2) is 0 Å². The number of carbonyl (C=O) groups excluding carboxylic acids is 2. The number of amides is 2. The second kappa shape index (κ2) is 6.89. The first-order chi connectivity index (χ1) is 9.18. The molecule has 2 aliphatic rings. The summed E-state index contributed by atoms with van der Waals surface area (Å²) in [5.74, 6) is 0.254. The van der Waals surface area contributed by atoms with E-state index >= 15 is 0 Å². The normalized spacial score (nSPS) is 21.5. The van der Waals surface area contributed by atoms with Gasteiger partial charge in [-0.15, -0.1) is 0 Å². The molecule has 2 fully saturated rings. The van der Waals surface area contributed by atoms with Crippen molar-refractivity contribution in [1.82, 2.24) is 15.1 Å². The van der Waals surface area contributed by atoms with Gasteiger partial charge >= 0.3 is 0 Å². The van der Waals surface area contributed by atoms with Crippen molar-refractivity contribution in [1.29, 1.82) is 0 Å². The molecule has 2 saturated heterocycles. The van der Waals surface area contributed by atoms with Crippen LogP contribution in [0.2, 0.25) is 0 Å². The lowest BCUT2D eigenvalue weighted by molar-refractivity contribution is -0.134. The molecule has 0 aromatic carbocycles. The quantitative estimate of drug-likeness (QED) is 0.811. The number of likely N-dealkylation sites (tertiary alicyclic amines) is 2. The SMILES string of the molecule is CC(NCC(=O)N1CCCC1)C(=O)N1CCCCC1. The minimum atomic E-state index is -0.260. The van der Waals surface area contributed by atoms with Gasteiger partial charge in [-0.25, -0.2) is 0 Å². The van der Waals surface area contributed by atoms with Crippen LogP contribution in [0.25, 0.3) is 0 Å². The number of hydrogen-bond donors (Lipinski definition) is 1. The lowest BCUT2D eigenvalue weighted by Gasteiger charge is -2.29. The molecule has 108 valence electrons. The van der Waals surface area contributed by atoms with Crippen LogP contribution in [-0.2, 0) is 9.59 Å². The van der Waals surface area contributed by atoms with Gasteiger partial charge in [0.25, 0.3) is 0 Å². The fraction of sp³-hybridized carbons (Fsp3) is 0.857. The molecule has 0 aromatic rings. The van der Waals surface area contributed by atoms with Crippen LogP contribution < -0.4 is 5.32 Å². The number of nitrogens with one attached hydrogen (secondary N) is 1. The molecule has 19 heavy (non-hydrogen) atoms. The smallest absolute Gasteiger partial charge is 0.239 e. The van der Waals surface area contributed by atoms with Crippen LogP contribution in [0.3, 0.4) is 0 Å². The van der Waals surface area contributed by atoms with Gasteiger partial charge in [-0.3, -0.25) is 14.9 Å². The summed E-state index contributed by atoms with van der Waals surface area (Å²) in [7, 11) is 0. The Morgan fingerprint density at radius 3 is 2.11 bits per heavy atom. The third kappa shape index (κ3) is 3.93. The van der Waals surface area contributed by atoms with Gasteiger partial charge in [0.1, 0.15) is 0 Å². The number of rotatable bonds is 4. The van der Waals surface area contributed by atoms with Crippen molar-refractivity contribution < 1.29 is 9.59 Å². The number of carbonyl (C=O) groups is 2. The molecule has 1 unspecified atom stereocenters. The number of nitrogens with zero attached hydrogens (tertiary/aromatic N) is 2. The first kappa shape index (κ1) is 14.3. The Morgan fingerprint density at radius 2 is 1.47 bits per heavy atom. The highest BCUT2D eigenvalue weighted by Crippen LogP contribution is 2.10. The summed E-state index contributed by atoms with van der Waals surface area (Å²) < 4.78 is 0. The molecule has 0 radical (unpaired) electrons. The molecule has 5 heteroatoms. The predicted octanol–water partition coefficient (Wildman–Crippen LogP) is 0.599. The van der Waals surface area contributed by atoms with Gasteiger partial charge in [-0.2, -0.15) is 0 Å². The first-order valence-electron chi connectivity index (χ1n) is 7.48. The Hall–Kier alpha value is -1.10. The maximum atomic E-state index is 12.2. The van der Waals surface area contributed by atoms with Crippen molar-refractivity contribution in [3.8, 4) is 0 Å². The maximum Gasteiger partial charge on any atom is 0.239 e. The zero-order valence-electron chi connectivity index (χ0n) is 11.9. The maximum absolute atomic E-state index is 12.2. The molecule has 0 spiro atoms. The third-order valence-corrected chi connectivity index (χ3v) is 4.06. The Balaban J connectivity index is 1.72. The van der Waals surface area contributed by atoms with Crippen molar-refractivity contribution in [2.75, 3.05) is 32.7 Å². The molecule has 5 nitrogen and oxygen atoms in total. The van der Waals surface area contributed by atoms with Gasteiger partial charge in [0.2, 0.25) is 11.8 Å². The molecule has 1 atom stereocenters. The average molecular weight is 267 g/mol. The Bertz CT molecular complexity index is 321. The molecule has 2 rings (SSSR count). The highest BCUT2D eigenvalue weighted by Gasteiger charge is 2.23. The largest absolute Gasteiger partial charge is 0.342 e. The van der Waals surface area contributed by atoms with Crippen LogP contribution in [0.15, 0.2) is 0 Å². The van der Waals surface area contributed by atoms with Crippen LogP contribution >= 0.6 is 0 Å². The zero-order valence-corrected chi connectivity index (χ0v) is 11.9. The molecule has 0 aliphatic carbocycles. The molecule has 2 aliphatic heterocycles. The van der Waals surface area contributed by atoms with E-state index in [0.29, 0.717) is 0 Å². The minimum absolute atomic E-state index is 0.121. The summed E-state index contributed by atoms with van der Waals surface area (Å²) in [6.07, 6.45) is 5.64. The van der Waals surface area contributed by atoms with Crippen LogP contribution in [0.5, 0.6) is 0 Å². The molecule has 2 heterocycles. The number of hydrogen-bond acceptors (Lipinski definition) is 3. The van der Waals surface area contributed by atoms with E-state index in [-0.39, 0.29) is 24.4 Å². The van der Waals surface area contributed by atoms with E-state index in [1.165, 1.54) is 6.42 Å². The summed E-state index contributed by atoms with van der Waals surface area (Å²) in [6.45, 7) is 5.61. The van der Waals surface area contributed by atoms with Gasteiger partial charge < -0.3 is 9.80 Å². The van der Waals surface area contributed by atoms with E-state index in [1.807, 2.05) is 16.7 Å². The highest BCUT2D eigenvalue weighted by atomic mass is 16.2. The Kier molecular flexibility index (Phi) is 5.19. The molecule has 0 saturated carbocycles. The predicted molar refractivity (Wildman–Crippen MR) is 73.7 cm³/mol. The van der Waals surface area contributed by atoms with Crippen molar-refractivity contribution in [2.24, 2.45) is 0 Å². The zero-order chi connectivity index (χ0) is 13.7. The lowest BCUT2D eigenvalue weighted by atomic mass is 10.1. The summed E-state index contributed by atoms with van der Waals surface area (Å²) >= 11 is 0. The topological polar surface area (TPSA) is 52.7 Å². The summed E-state index contributed by atoms with van der Waals surface area (Å²) in [4.78, 5) is 27.9. The molecule has 1 N–H and O–H groups in total. The van der Waals surface area contributed by atoms with E-state index in [2.05, 4.69) is 5.32 Å². The van der Waals surface area contributed by atoms with E-state index in [9.17, 15) is 9.59 Å². The fourth-order valence-corrected chi connectivity index (χ4v) is 2.79. The van der Waals surface area contributed by atoms with Crippen molar-refractivity contribution >= 4 is 11.8 Å². The fourth-order valence-electron chi connectivity index (χ4n) is 2.79. The van der Waals surface area contributed by atoms with Crippen molar-refractivity contribution in [3.05, 3.63) is 0 Å². The number of piperidine rings is 1.